The second-order valence-corrected chi connectivity index (χ2v) is 7.80. The molecular weight excluding hydrogens is 406 g/mol. The Hall–Kier alpha value is -2.49. The third-order valence-corrected chi connectivity index (χ3v) is 5.57. The molecule has 2 aromatic heterocycles. The molecule has 0 atom stereocenters. The van der Waals surface area contributed by atoms with Gasteiger partial charge in [-0.15, -0.1) is 10.2 Å². The third-order valence-electron chi connectivity index (χ3n) is 4.56. The van der Waals surface area contributed by atoms with Crippen molar-refractivity contribution in [3.05, 3.63) is 36.1 Å². The van der Waals surface area contributed by atoms with Crippen molar-refractivity contribution in [3.8, 4) is 28.8 Å². The number of rotatable bonds is 11. The number of aromatic nitrogens is 3. The molecule has 0 aliphatic carbocycles. The second-order valence-electron chi connectivity index (χ2n) is 6.74. The summed E-state index contributed by atoms with van der Waals surface area (Å²) in [6, 6.07) is 9.35. The smallest absolute Gasteiger partial charge is 0.205 e. The molecule has 0 bridgehead atoms. The minimum Gasteiger partial charge on any atom is -0.494 e. The van der Waals surface area contributed by atoms with Crippen LogP contribution in [0.15, 0.2) is 39.9 Å². The van der Waals surface area contributed by atoms with E-state index in [1.54, 1.807) is 26.0 Å². The number of benzene rings is 1. The topological polar surface area (TPSA) is 103 Å². The molecule has 3 rings (SSSR count). The molecule has 9 heteroatoms. The number of aliphatic hydroxyl groups is 2. The molecule has 0 fully saturated rings. The molecule has 0 aliphatic rings. The van der Waals surface area contributed by atoms with Gasteiger partial charge in [0.2, 0.25) is 5.82 Å². The standard InChI is InChI=1S/C21H27N3O5S/c1-14-11-12-17(29-14)20-22-23-21(30-13-6-4-5-10-18(25)26)24(20)19-15(27-2)8-7-9-16(19)28-3/h7-9,11-12,18,25-26H,4-6,10,13H2,1-3H3. The number of aliphatic hydroxyl groups excluding tert-OH is 1. The average Bonchev–Trinajstić information content (AvgIpc) is 3.35. The lowest BCUT2D eigenvalue weighted by Crippen LogP contribution is -2.05. The highest BCUT2D eigenvalue weighted by Gasteiger charge is 2.24. The van der Waals surface area contributed by atoms with Crippen molar-refractivity contribution in [2.45, 2.75) is 44.1 Å². The summed E-state index contributed by atoms with van der Waals surface area (Å²) in [5.74, 6) is 4.05. The molecular formula is C21H27N3O5S. The summed E-state index contributed by atoms with van der Waals surface area (Å²) in [5.41, 5.74) is 0.711. The van der Waals surface area contributed by atoms with Crippen molar-refractivity contribution in [2.75, 3.05) is 20.0 Å². The highest BCUT2D eigenvalue weighted by atomic mass is 32.2. The highest BCUT2D eigenvalue weighted by molar-refractivity contribution is 7.99. The Morgan fingerprint density at radius 3 is 2.37 bits per heavy atom. The van der Waals surface area contributed by atoms with E-state index < -0.39 is 6.29 Å². The fourth-order valence-corrected chi connectivity index (χ4v) is 4.04. The lowest BCUT2D eigenvalue weighted by molar-refractivity contribution is -0.0465. The summed E-state index contributed by atoms with van der Waals surface area (Å²) < 4.78 is 18.9. The summed E-state index contributed by atoms with van der Waals surface area (Å²) in [6.45, 7) is 1.88. The number of nitrogens with zero attached hydrogens (tertiary/aromatic N) is 3. The molecule has 0 saturated carbocycles. The molecule has 3 aromatic rings. The molecule has 8 nitrogen and oxygen atoms in total. The summed E-state index contributed by atoms with van der Waals surface area (Å²) in [4.78, 5) is 0. The lowest BCUT2D eigenvalue weighted by Gasteiger charge is -2.16. The van der Waals surface area contributed by atoms with Crippen LogP contribution in [-0.2, 0) is 0 Å². The van der Waals surface area contributed by atoms with Gasteiger partial charge in [0.25, 0.3) is 0 Å². The van der Waals surface area contributed by atoms with E-state index in [2.05, 4.69) is 10.2 Å². The van der Waals surface area contributed by atoms with Crippen LogP contribution in [0.3, 0.4) is 0 Å². The Balaban J connectivity index is 1.93. The molecule has 0 unspecified atom stereocenters. The first-order valence-corrected chi connectivity index (χ1v) is 10.8. The van der Waals surface area contributed by atoms with E-state index >= 15 is 0 Å². The van der Waals surface area contributed by atoms with Crippen LogP contribution in [-0.4, -0.2) is 51.2 Å². The fourth-order valence-electron chi connectivity index (χ4n) is 3.10. The van der Waals surface area contributed by atoms with E-state index in [4.69, 9.17) is 24.1 Å². The normalized spacial score (nSPS) is 11.3. The number of furan rings is 1. The molecule has 0 aliphatic heterocycles. The average molecular weight is 434 g/mol. The van der Waals surface area contributed by atoms with Crippen LogP contribution in [0.5, 0.6) is 11.5 Å². The Bertz CT molecular complexity index is 932. The molecule has 162 valence electrons. The van der Waals surface area contributed by atoms with E-state index in [9.17, 15) is 0 Å². The SMILES string of the molecule is COc1cccc(OC)c1-n1c(SCCCCCC(O)O)nnc1-c1ccc(C)o1. The van der Waals surface area contributed by atoms with Crippen molar-refractivity contribution in [1.29, 1.82) is 0 Å². The Labute approximate surface area is 179 Å². The number of unbranched alkanes of at least 4 members (excludes halogenated alkanes) is 2. The van der Waals surface area contributed by atoms with Gasteiger partial charge in [0.05, 0.1) is 14.2 Å². The number of hydrogen-bond donors (Lipinski definition) is 2. The van der Waals surface area contributed by atoms with Crippen molar-refractivity contribution in [3.63, 3.8) is 0 Å². The fraction of sp³-hybridized carbons (Fsp3) is 0.429. The third kappa shape index (κ3) is 5.16. The van der Waals surface area contributed by atoms with Crippen LogP contribution in [0.2, 0.25) is 0 Å². The zero-order valence-electron chi connectivity index (χ0n) is 17.4. The van der Waals surface area contributed by atoms with Crippen molar-refractivity contribution >= 4 is 11.8 Å². The minimum absolute atomic E-state index is 0.390. The second kappa shape index (κ2) is 10.5. The minimum atomic E-state index is -1.24. The van der Waals surface area contributed by atoms with Crippen LogP contribution in [0, 0.1) is 6.92 Å². The van der Waals surface area contributed by atoms with Crippen molar-refractivity contribution < 1.29 is 24.1 Å². The Morgan fingerprint density at radius 2 is 1.77 bits per heavy atom. The van der Waals surface area contributed by atoms with E-state index in [0.29, 0.717) is 40.3 Å². The number of aryl methyl sites for hydroxylation is 1. The summed E-state index contributed by atoms with van der Waals surface area (Å²) in [6.07, 6.45) is 1.74. The molecule has 30 heavy (non-hydrogen) atoms. The molecule has 0 spiro atoms. The van der Waals surface area contributed by atoms with E-state index in [1.165, 1.54) is 0 Å². The van der Waals surface area contributed by atoms with Gasteiger partial charge in [-0.3, -0.25) is 4.57 Å². The molecule has 1 aromatic carbocycles. The van der Waals surface area contributed by atoms with Crippen LogP contribution < -0.4 is 9.47 Å². The van der Waals surface area contributed by atoms with Crippen molar-refractivity contribution in [2.24, 2.45) is 0 Å². The molecule has 0 radical (unpaired) electrons. The lowest BCUT2D eigenvalue weighted by atomic mass is 10.2. The van der Waals surface area contributed by atoms with Gasteiger partial charge in [-0.2, -0.15) is 0 Å². The monoisotopic (exact) mass is 433 g/mol. The van der Waals surface area contributed by atoms with Crippen LogP contribution in [0.4, 0.5) is 0 Å². The maximum absolute atomic E-state index is 8.96. The number of methoxy groups -OCH3 is 2. The van der Waals surface area contributed by atoms with Gasteiger partial charge in [-0.25, -0.2) is 0 Å². The van der Waals surface area contributed by atoms with Gasteiger partial charge >= 0.3 is 0 Å². The van der Waals surface area contributed by atoms with E-state index in [0.717, 1.165) is 30.8 Å². The van der Waals surface area contributed by atoms with Gasteiger partial charge in [0.1, 0.15) is 22.9 Å². The van der Waals surface area contributed by atoms with Crippen LogP contribution >= 0.6 is 11.8 Å². The van der Waals surface area contributed by atoms with Gasteiger partial charge in [0.15, 0.2) is 17.2 Å². The molecule has 2 N–H and O–H groups in total. The first-order valence-electron chi connectivity index (χ1n) is 9.77. The first-order chi connectivity index (χ1) is 14.5. The zero-order valence-corrected chi connectivity index (χ0v) is 18.2. The van der Waals surface area contributed by atoms with E-state index in [1.807, 2.05) is 41.8 Å². The quantitative estimate of drug-likeness (QED) is 0.267. The van der Waals surface area contributed by atoms with Gasteiger partial charge in [0, 0.05) is 5.75 Å². The maximum atomic E-state index is 8.96. The number of thioether (sulfide) groups is 1. The van der Waals surface area contributed by atoms with E-state index in [-0.39, 0.29) is 0 Å². The van der Waals surface area contributed by atoms with Gasteiger partial charge in [-0.05, 0) is 50.5 Å². The predicted octanol–water partition coefficient (Wildman–Crippen LogP) is 3.82. The van der Waals surface area contributed by atoms with Crippen LogP contribution in [0.25, 0.3) is 17.3 Å². The largest absolute Gasteiger partial charge is 0.494 e. The van der Waals surface area contributed by atoms with Gasteiger partial charge < -0.3 is 24.1 Å². The molecule has 0 amide bonds. The Kier molecular flexibility index (Phi) is 7.78. The summed E-state index contributed by atoms with van der Waals surface area (Å²) in [5, 5.41) is 27.4. The zero-order chi connectivity index (χ0) is 21.5. The molecule has 2 heterocycles. The maximum Gasteiger partial charge on any atom is 0.205 e. The highest BCUT2D eigenvalue weighted by Crippen LogP contribution is 2.38. The summed E-state index contributed by atoms with van der Waals surface area (Å²) in [7, 11) is 3.23. The molecule has 0 saturated heterocycles. The van der Waals surface area contributed by atoms with Gasteiger partial charge in [-0.1, -0.05) is 24.2 Å². The first kappa shape index (κ1) is 22.2. The number of hydrogen-bond acceptors (Lipinski definition) is 8. The number of para-hydroxylation sites is 1. The summed E-state index contributed by atoms with van der Waals surface area (Å²) >= 11 is 1.57. The number of ether oxygens (including phenoxy) is 2. The van der Waals surface area contributed by atoms with Crippen LogP contribution in [0.1, 0.15) is 31.4 Å². The predicted molar refractivity (Wildman–Crippen MR) is 114 cm³/mol. The van der Waals surface area contributed by atoms with Crippen molar-refractivity contribution in [1.82, 2.24) is 14.8 Å². The Morgan fingerprint density at radius 1 is 1.03 bits per heavy atom.